The number of carbonyl (C=O) groups is 1. The molecule has 0 radical (unpaired) electrons. The molecule has 6 rings (SSSR count). The van der Waals surface area contributed by atoms with Gasteiger partial charge in [-0.2, -0.15) is 0 Å². The van der Waals surface area contributed by atoms with Crippen molar-refractivity contribution in [1.29, 1.82) is 0 Å². The zero-order valence-electron chi connectivity index (χ0n) is 20.0. The maximum Gasteiger partial charge on any atom is 0.341 e. The minimum absolute atomic E-state index is 0.0127. The Morgan fingerprint density at radius 2 is 1.89 bits per heavy atom. The average molecular weight is 495 g/mol. The number of carboxylic acid groups (broad SMARTS) is 1. The van der Waals surface area contributed by atoms with Gasteiger partial charge in [0.05, 0.1) is 16.9 Å². The Labute approximate surface area is 206 Å². The fourth-order valence-electron chi connectivity index (χ4n) is 5.10. The first-order valence-electron chi connectivity index (χ1n) is 12.2. The summed E-state index contributed by atoms with van der Waals surface area (Å²) < 4.78 is 23.2. The molecule has 1 saturated heterocycles. The maximum absolute atomic E-state index is 15.5. The molecule has 11 heteroatoms. The van der Waals surface area contributed by atoms with Gasteiger partial charge in [-0.15, -0.1) is 0 Å². The highest BCUT2D eigenvalue weighted by atomic mass is 19.1. The fourth-order valence-corrected chi connectivity index (χ4v) is 5.10. The zero-order chi connectivity index (χ0) is 25.1. The lowest BCUT2D eigenvalue weighted by molar-refractivity contribution is 0.0694. The van der Waals surface area contributed by atoms with Crippen molar-refractivity contribution in [2.75, 3.05) is 35.2 Å². The molecule has 0 spiro atoms. The van der Waals surface area contributed by atoms with Crippen molar-refractivity contribution in [3.63, 3.8) is 0 Å². The van der Waals surface area contributed by atoms with Crippen molar-refractivity contribution in [1.82, 2.24) is 14.5 Å². The molecule has 188 valence electrons. The zero-order valence-corrected chi connectivity index (χ0v) is 20.0. The number of anilines is 3. The Bertz CT molecular complexity index is 1450. The molecule has 3 aromatic rings. The molecule has 3 aliphatic rings. The quantitative estimate of drug-likeness (QED) is 0.474. The van der Waals surface area contributed by atoms with Gasteiger partial charge in [0.15, 0.2) is 11.6 Å². The van der Waals surface area contributed by atoms with Gasteiger partial charge in [-0.05, 0) is 39.2 Å². The number of nitrogens with zero attached hydrogens (tertiary/aromatic N) is 4. The predicted molar refractivity (Wildman–Crippen MR) is 133 cm³/mol. The molecular formula is C25H27FN6O4. The van der Waals surface area contributed by atoms with Crippen LogP contribution in [-0.4, -0.2) is 57.4 Å². The molecule has 1 aliphatic carbocycles. The van der Waals surface area contributed by atoms with Gasteiger partial charge in [0, 0.05) is 37.4 Å². The molecule has 2 aliphatic heterocycles. The second-order valence-electron chi connectivity index (χ2n) is 9.86. The van der Waals surface area contributed by atoms with Gasteiger partial charge in [-0.25, -0.2) is 19.2 Å². The molecule has 2 atom stereocenters. The van der Waals surface area contributed by atoms with Crippen LogP contribution in [0.3, 0.4) is 0 Å². The largest absolute Gasteiger partial charge is 0.487 e. The Kier molecular flexibility index (Phi) is 5.24. The van der Waals surface area contributed by atoms with E-state index in [1.54, 1.807) is 4.57 Å². The molecule has 2 fully saturated rings. The molecule has 0 unspecified atom stereocenters. The summed E-state index contributed by atoms with van der Waals surface area (Å²) in [5.74, 6) is 0.536. The third-order valence-electron chi connectivity index (χ3n) is 7.00. The number of benzene rings is 1. The van der Waals surface area contributed by atoms with E-state index in [4.69, 9.17) is 4.74 Å². The maximum atomic E-state index is 15.5. The first-order valence-corrected chi connectivity index (χ1v) is 12.2. The molecule has 3 N–H and O–H groups in total. The molecule has 2 aromatic heterocycles. The standard InChI is InChI=1S/C25H27FN6O4/c1-12-11-36-24-21-16(23(33)17(25(34)35)10-32(12)21)7-18(26)22(24)31-6-5-15(9-31)30-20-8-19(27-13(2)28-20)29-14-3-4-14/h7-8,10,12,14-15H,3-6,9,11H2,1-2H3,(H,34,35)(H2,27,28,29,30)/t12-,15-/m0/s1. The Morgan fingerprint density at radius 1 is 1.17 bits per heavy atom. The third kappa shape index (κ3) is 3.88. The van der Waals surface area contributed by atoms with Crippen molar-refractivity contribution in [2.45, 2.75) is 51.2 Å². The van der Waals surface area contributed by atoms with Crippen LogP contribution in [0.5, 0.6) is 5.75 Å². The number of nitrogens with one attached hydrogen (secondary N) is 2. The van der Waals surface area contributed by atoms with E-state index < -0.39 is 17.2 Å². The summed E-state index contributed by atoms with van der Waals surface area (Å²) in [5, 5.41) is 16.3. The van der Waals surface area contributed by atoms with Crippen LogP contribution in [-0.2, 0) is 0 Å². The number of pyridine rings is 1. The highest BCUT2D eigenvalue weighted by Crippen LogP contribution is 2.43. The smallest absolute Gasteiger partial charge is 0.341 e. The summed E-state index contributed by atoms with van der Waals surface area (Å²) in [5.41, 5.74) is -0.368. The van der Waals surface area contributed by atoms with Gasteiger partial charge < -0.3 is 29.9 Å². The summed E-state index contributed by atoms with van der Waals surface area (Å²) in [6.07, 6.45) is 4.39. The van der Waals surface area contributed by atoms with Crippen molar-refractivity contribution in [2.24, 2.45) is 0 Å². The van der Waals surface area contributed by atoms with Gasteiger partial charge >= 0.3 is 5.97 Å². The van der Waals surface area contributed by atoms with Crippen LogP contribution >= 0.6 is 0 Å². The lowest BCUT2D eigenvalue weighted by atomic mass is 10.1. The summed E-state index contributed by atoms with van der Waals surface area (Å²) in [6, 6.07) is 3.34. The normalized spacial score (nSPS) is 20.9. The monoisotopic (exact) mass is 494 g/mol. The number of aromatic carboxylic acids is 1. The van der Waals surface area contributed by atoms with E-state index in [9.17, 15) is 14.7 Å². The topological polar surface area (TPSA) is 122 Å². The van der Waals surface area contributed by atoms with Crippen molar-refractivity contribution >= 4 is 34.2 Å². The third-order valence-corrected chi connectivity index (χ3v) is 7.00. The molecule has 0 bridgehead atoms. The van der Waals surface area contributed by atoms with Crippen LogP contribution < -0.4 is 25.7 Å². The van der Waals surface area contributed by atoms with Crippen LogP contribution in [0.25, 0.3) is 10.9 Å². The highest BCUT2D eigenvalue weighted by molar-refractivity contribution is 5.97. The predicted octanol–water partition coefficient (Wildman–Crippen LogP) is 3.16. The van der Waals surface area contributed by atoms with E-state index in [2.05, 4.69) is 20.6 Å². The molecule has 0 amide bonds. The molecule has 36 heavy (non-hydrogen) atoms. The van der Waals surface area contributed by atoms with E-state index in [-0.39, 0.29) is 35.4 Å². The lowest BCUT2D eigenvalue weighted by Crippen LogP contribution is -2.30. The fraction of sp³-hybridized carbons (Fsp3) is 0.440. The number of ether oxygens (including phenoxy) is 1. The molecule has 1 aromatic carbocycles. The van der Waals surface area contributed by atoms with Gasteiger partial charge in [-0.1, -0.05) is 0 Å². The summed E-state index contributed by atoms with van der Waals surface area (Å²) in [6.45, 7) is 5.06. The van der Waals surface area contributed by atoms with E-state index >= 15 is 4.39 Å². The summed E-state index contributed by atoms with van der Waals surface area (Å²) in [7, 11) is 0. The lowest BCUT2D eigenvalue weighted by Gasteiger charge is -2.31. The average Bonchev–Trinajstić information content (AvgIpc) is 3.52. The van der Waals surface area contributed by atoms with Crippen LogP contribution in [0.2, 0.25) is 0 Å². The van der Waals surface area contributed by atoms with Crippen LogP contribution in [0.4, 0.5) is 21.7 Å². The van der Waals surface area contributed by atoms with Gasteiger partial charge in [0.25, 0.3) is 0 Å². The molecule has 4 heterocycles. The van der Waals surface area contributed by atoms with E-state index in [0.29, 0.717) is 36.2 Å². The number of halogens is 1. The van der Waals surface area contributed by atoms with Crippen molar-refractivity contribution < 1.29 is 19.0 Å². The summed E-state index contributed by atoms with van der Waals surface area (Å²) in [4.78, 5) is 35.3. The number of carboxylic acids is 1. The first-order chi connectivity index (χ1) is 17.3. The van der Waals surface area contributed by atoms with E-state index in [1.165, 1.54) is 6.20 Å². The number of rotatable bonds is 6. The first kappa shape index (κ1) is 22.6. The number of aryl methyl sites for hydroxylation is 1. The van der Waals surface area contributed by atoms with E-state index in [0.717, 1.165) is 37.0 Å². The van der Waals surface area contributed by atoms with Crippen molar-refractivity contribution in [3.05, 3.63) is 45.8 Å². The molecule has 1 saturated carbocycles. The van der Waals surface area contributed by atoms with Gasteiger partial charge in [0.2, 0.25) is 5.43 Å². The minimum atomic E-state index is -1.33. The van der Waals surface area contributed by atoms with Gasteiger partial charge in [0.1, 0.15) is 35.3 Å². The molecule has 10 nitrogen and oxygen atoms in total. The van der Waals surface area contributed by atoms with E-state index in [1.807, 2.05) is 24.8 Å². The SMILES string of the molecule is Cc1nc(NC2CC2)cc(N[C@H]2CCN(c3c(F)cc4c(=O)c(C(=O)O)cn5c4c3OC[C@@H]5C)C2)n1. The Hall–Kier alpha value is -3.89. The van der Waals surface area contributed by atoms with Crippen LogP contribution in [0.15, 0.2) is 23.1 Å². The summed E-state index contributed by atoms with van der Waals surface area (Å²) >= 11 is 0. The highest BCUT2D eigenvalue weighted by Gasteiger charge is 2.33. The van der Waals surface area contributed by atoms with Gasteiger partial charge in [-0.3, -0.25) is 4.79 Å². The van der Waals surface area contributed by atoms with Crippen molar-refractivity contribution in [3.8, 4) is 5.75 Å². The second kappa shape index (κ2) is 8.35. The molecular weight excluding hydrogens is 467 g/mol. The number of hydrogen-bond acceptors (Lipinski definition) is 8. The Morgan fingerprint density at radius 3 is 2.58 bits per heavy atom. The van der Waals surface area contributed by atoms with Crippen LogP contribution in [0.1, 0.15) is 48.4 Å². The second-order valence-corrected chi connectivity index (χ2v) is 9.86. The van der Waals surface area contributed by atoms with Crippen LogP contribution in [0, 0.1) is 12.7 Å². The minimum Gasteiger partial charge on any atom is -0.487 e. The Balaban J connectivity index is 1.32. The number of aromatic nitrogens is 3. The number of hydrogen-bond donors (Lipinski definition) is 3.